The van der Waals surface area contributed by atoms with E-state index in [1.54, 1.807) is 35.4 Å². The van der Waals surface area contributed by atoms with Crippen molar-refractivity contribution < 1.29 is 9.59 Å². The molecular formula is C20H27N5O2. The minimum atomic E-state index is -0.108. The molecule has 0 spiro atoms. The smallest absolute Gasteiger partial charge is 0.254 e. The van der Waals surface area contributed by atoms with Crippen LogP contribution in [0.5, 0.6) is 0 Å². The molecule has 2 aromatic rings. The van der Waals surface area contributed by atoms with Crippen LogP contribution in [0.4, 0.5) is 0 Å². The number of imidazole rings is 1. The van der Waals surface area contributed by atoms with Gasteiger partial charge in [0.25, 0.3) is 11.8 Å². The molecule has 1 aliphatic heterocycles. The van der Waals surface area contributed by atoms with E-state index in [0.717, 1.165) is 12.4 Å². The highest BCUT2D eigenvalue weighted by atomic mass is 16.2. The Morgan fingerprint density at radius 2 is 1.85 bits per heavy atom. The Morgan fingerprint density at radius 3 is 2.44 bits per heavy atom. The number of aryl methyl sites for hydroxylation is 1. The summed E-state index contributed by atoms with van der Waals surface area (Å²) in [5.74, 6) is 0.822. The lowest BCUT2D eigenvalue weighted by Crippen LogP contribution is -2.49. The summed E-state index contributed by atoms with van der Waals surface area (Å²) >= 11 is 0. The van der Waals surface area contributed by atoms with Crippen molar-refractivity contribution in [3.05, 3.63) is 53.6 Å². The molecule has 1 N–H and O–H groups in total. The molecule has 3 rings (SSSR count). The molecular weight excluding hydrogens is 342 g/mol. The van der Waals surface area contributed by atoms with E-state index in [1.165, 1.54) is 0 Å². The Balaban J connectivity index is 1.80. The third kappa shape index (κ3) is 3.88. The zero-order valence-corrected chi connectivity index (χ0v) is 16.2. The zero-order valence-electron chi connectivity index (χ0n) is 16.2. The van der Waals surface area contributed by atoms with E-state index in [-0.39, 0.29) is 17.9 Å². The molecule has 0 saturated carbocycles. The molecule has 7 heteroatoms. The summed E-state index contributed by atoms with van der Waals surface area (Å²) in [7, 11) is 1.94. The van der Waals surface area contributed by atoms with Crippen LogP contribution in [0.15, 0.2) is 36.7 Å². The average molecular weight is 369 g/mol. The molecule has 2 amide bonds. The van der Waals surface area contributed by atoms with Gasteiger partial charge in [-0.05, 0) is 38.1 Å². The summed E-state index contributed by atoms with van der Waals surface area (Å²) in [6, 6.07) is 6.87. The van der Waals surface area contributed by atoms with Crippen molar-refractivity contribution in [2.45, 2.75) is 19.9 Å². The summed E-state index contributed by atoms with van der Waals surface area (Å²) in [6.07, 6.45) is 3.64. The number of amides is 2. The van der Waals surface area contributed by atoms with E-state index in [1.807, 2.05) is 36.6 Å². The van der Waals surface area contributed by atoms with Gasteiger partial charge in [0, 0.05) is 63.3 Å². The van der Waals surface area contributed by atoms with Gasteiger partial charge in [-0.15, -0.1) is 0 Å². The largest absolute Gasteiger partial charge is 0.339 e. The maximum Gasteiger partial charge on any atom is 0.254 e. The first kappa shape index (κ1) is 19.1. The van der Waals surface area contributed by atoms with Crippen molar-refractivity contribution in [1.82, 2.24) is 24.7 Å². The van der Waals surface area contributed by atoms with Crippen LogP contribution in [0.3, 0.4) is 0 Å². The maximum atomic E-state index is 13.1. The van der Waals surface area contributed by atoms with Crippen LogP contribution in [0.2, 0.25) is 0 Å². The van der Waals surface area contributed by atoms with Crippen molar-refractivity contribution in [2.24, 2.45) is 7.05 Å². The fraction of sp³-hybridized carbons (Fsp3) is 0.450. The van der Waals surface area contributed by atoms with Gasteiger partial charge in [-0.1, -0.05) is 0 Å². The van der Waals surface area contributed by atoms with Crippen molar-refractivity contribution in [2.75, 3.05) is 32.7 Å². The lowest BCUT2D eigenvalue weighted by atomic mass is 10.1. The van der Waals surface area contributed by atoms with Gasteiger partial charge in [0.05, 0.1) is 0 Å². The second-order valence-electron chi connectivity index (χ2n) is 6.67. The van der Waals surface area contributed by atoms with Crippen molar-refractivity contribution >= 4 is 11.8 Å². The molecule has 1 atom stereocenters. The number of rotatable bonds is 5. The van der Waals surface area contributed by atoms with Crippen LogP contribution in [0.1, 0.15) is 46.4 Å². The van der Waals surface area contributed by atoms with Gasteiger partial charge in [0.2, 0.25) is 0 Å². The highest BCUT2D eigenvalue weighted by molar-refractivity contribution is 5.98. The number of nitrogens with zero attached hydrogens (tertiary/aromatic N) is 4. The number of nitrogens with one attached hydrogen (secondary N) is 1. The van der Waals surface area contributed by atoms with E-state index >= 15 is 0 Å². The van der Waals surface area contributed by atoms with E-state index in [9.17, 15) is 9.59 Å². The predicted molar refractivity (Wildman–Crippen MR) is 104 cm³/mol. The number of piperazine rings is 1. The minimum absolute atomic E-state index is 0.00735. The number of carbonyl (C=O) groups excluding carboxylic acids is 2. The first-order valence-corrected chi connectivity index (χ1v) is 9.45. The fourth-order valence-electron chi connectivity index (χ4n) is 3.49. The highest BCUT2D eigenvalue weighted by Crippen LogP contribution is 2.23. The van der Waals surface area contributed by atoms with Crippen molar-refractivity contribution in [3.8, 4) is 0 Å². The second kappa shape index (κ2) is 8.35. The Labute approximate surface area is 160 Å². The predicted octanol–water partition coefficient (Wildman–Crippen LogP) is 1.69. The Bertz CT molecular complexity index is 795. The number of carbonyl (C=O) groups is 2. The Morgan fingerprint density at radius 1 is 1.19 bits per heavy atom. The standard InChI is InChI=1S/C20H27N5O2/c1-4-24(5-2)19(26)15-6-8-16(9-7-15)20(27)25-13-10-21-14-17(25)18-22-11-12-23(18)3/h6-9,11-12,17,21H,4-5,10,13-14H2,1-3H3. The molecule has 7 nitrogen and oxygen atoms in total. The average Bonchev–Trinajstić information content (AvgIpc) is 3.14. The van der Waals surface area contributed by atoms with E-state index in [2.05, 4.69) is 10.3 Å². The van der Waals surface area contributed by atoms with Crippen LogP contribution in [-0.2, 0) is 7.05 Å². The lowest BCUT2D eigenvalue weighted by Gasteiger charge is -2.35. The number of hydrogen-bond acceptors (Lipinski definition) is 4. The minimum Gasteiger partial charge on any atom is -0.339 e. The second-order valence-corrected chi connectivity index (χ2v) is 6.67. The Hall–Kier alpha value is -2.67. The molecule has 0 aliphatic carbocycles. The van der Waals surface area contributed by atoms with Crippen molar-refractivity contribution in [3.63, 3.8) is 0 Å². The van der Waals surface area contributed by atoms with Crippen LogP contribution >= 0.6 is 0 Å². The molecule has 2 heterocycles. The Kier molecular flexibility index (Phi) is 5.91. The first-order valence-electron chi connectivity index (χ1n) is 9.45. The number of hydrogen-bond donors (Lipinski definition) is 1. The molecule has 1 aromatic carbocycles. The summed E-state index contributed by atoms with van der Waals surface area (Å²) in [4.78, 5) is 33.6. The highest BCUT2D eigenvalue weighted by Gasteiger charge is 2.31. The molecule has 1 aliphatic rings. The zero-order chi connectivity index (χ0) is 19.4. The van der Waals surface area contributed by atoms with Gasteiger partial charge in [-0.25, -0.2) is 4.98 Å². The monoisotopic (exact) mass is 369 g/mol. The van der Waals surface area contributed by atoms with Gasteiger partial charge in [0.15, 0.2) is 0 Å². The van der Waals surface area contributed by atoms with Gasteiger partial charge < -0.3 is 19.7 Å². The van der Waals surface area contributed by atoms with Crippen LogP contribution in [0.25, 0.3) is 0 Å². The van der Waals surface area contributed by atoms with Crippen LogP contribution in [-0.4, -0.2) is 63.9 Å². The third-order valence-corrected chi connectivity index (χ3v) is 5.09. The molecule has 0 radical (unpaired) electrons. The molecule has 1 aromatic heterocycles. The van der Waals surface area contributed by atoms with E-state index in [0.29, 0.717) is 37.3 Å². The van der Waals surface area contributed by atoms with Crippen molar-refractivity contribution in [1.29, 1.82) is 0 Å². The molecule has 1 saturated heterocycles. The van der Waals surface area contributed by atoms with Crippen LogP contribution < -0.4 is 5.32 Å². The van der Waals surface area contributed by atoms with E-state index < -0.39 is 0 Å². The first-order chi connectivity index (χ1) is 13.1. The lowest BCUT2D eigenvalue weighted by molar-refractivity contribution is 0.0620. The maximum absolute atomic E-state index is 13.1. The quantitative estimate of drug-likeness (QED) is 0.871. The SMILES string of the molecule is CCN(CC)C(=O)c1ccc(C(=O)N2CCNCC2c2nccn2C)cc1. The van der Waals surface area contributed by atoms with Gasteiger partial charge in [-0.3, -0.25) is 9.59 Å². The topological polar surface area (TPSA) is 70.5 Å². The number of benzene rings is 1. The summed E-state index contributed by atoms with van der Waals surface area (Å²) in [5, 5.41) is 3.34. The summed E-state index contributed by atoms with van der Waals surface area (Å²) < 4.78 is 1.95. The molecule has 144 valence electrons. The molecule has 1 fully saturated rings. The summed E-state index contributed by atoms with van der Waals surface area (Å²) in [5.41, 5.74) is 1.20. The van der Waals surface area contributed by atoms with Crippen LogP contribution in [0, 0.1) is 0 Å². The molecule has 0 bridgehead atoms. The van der Waals surface area contributed by atoms with Gasteiger partial charge >= 0.3 is 0 Å². The van der Waals surface area contributed by atoms with Gasteiger partial charge in [-0.2, -0.15) is 0 Å². The molecule has 1 unspecified atom stereocenters. The van der Waals surface area contributed by atoms with E-state index in [4.69, 9.17) is 0 Å². The summed E-state index contributed by atoms with van der Waals surface area (Å²) in [6.45, 7) is 7.31. The van der Waals surface area contributed by atoms with Gasteiger partial charge in [0.1, 0.15) is 11.9 Å². The number of aromatic nitrogens is 2. The normalized spacial score (nSPS) is 17.0. The fourth-order valence-corrected chi connectivity index (χ4v) is 3.49. The molecule has 27 heavy (non-hydrogen) atoms. The third-order valence-electron chi connectivity index (χ3n) is 5.09.